The van der Waals surface area contributed by atoms with Crippen LogP contribution < -0.4 is 5.73 Å². The van der Waals surface area contributed by atoms with Gasteiger partial charge in [-0.1, -0.05) is 12.1 Å². The summed E-state index contributed by atoms with van der Waals surface area (Å²) in [5, 5.41) is 18.2. The molecule has 80 valence electrons. The van der Waals surface area contributed by atoms with E-state index < -0.39 is 0 Å². The largest absolute Gasteiger partial charge is 0.508 e. The van der Waals surface area contributed by atoms with Crippen LogP contribution in [0, 0.1) is 6.92 Å². The molecule has 0 saturated carbocycles. The Morgan fingerprint density at radius 3 is 2.57 bits per heavy atom. The SMILES string of the molecule is Cc1ccc(CC(N)CO)c(O)c1.Cl. The average molecular weight is 218 g/mol. The third-order valence-electron chi connectivity index (χ3n) is 1.96. The number of phenols is 1. The van der Waals surface area contributed by atoms with Gasteiger partial charge in [-0.3, -0.25) is 0 Å². The molecular weight excluding hydrogens is 202 g/mol. The second-order valence-electron chi connectivity index (χ2n) is 3.28. The molecule has 1 rings (SSSR count). The van der Waals surface area contributed by atoms with Crippen LogP contribution in [-0.4, -0.2) is 22.9 Å². The van der Waals surface area contributed by atoms with Crippen molar-refractivity contribution in [2.45, 2.75) is 19.4 Å². The molecule has 14 heavy (non-hydrogen) atoms. The van der Waals surface area contributed by atoms with E-state index in [1.54, 1.807) is 6.07 Å². The molecule has 0 heterocycles. The molecule has 0 radical (unpaired) electrons. The van der Waals surface area contributed by atoms with Crippen LogP contribution in [0.1, 0.15) is 11.1 Å². The van der Waals surface area contributed by atoms with Gasteiger partial charge in [-0.2, -0.15) is 0 Å². The number of hydrogen-bond donors (Lipinski definition) is 3. The standard InChI is InChI=1S/C10H15NO2.ClH/c1-7-2-3-8(10(13)4-7)5-9(11)6-12;/h2-4,9,12-13H,5-6,11H2,1H3;1H. The highest BCUT2D eigenvalue weighted by molar-refractivity contribution is 5.85. The number of aliphatic hydroxyl groups excluding tert-OH is 1. The van der Waals surface area contributed by atoms with Gasteiger partial charge in [-0.05, 0) is 30.5 Å². The third-order valence-corrected chi connectivity index (χ3v) is 1.96. The van der Waals surface area contributed by atoms with Crippen LogP contribution in [0.2, 0.25) is 0 Å². The predicted octanol–water partition coefficient (Wildman–Crippen LogP) is 0.985. The summed E-state index contributed by atoms with van der Waals surface area (Å²) in [5.41, 5.74) is 7.35. The molecular formula is C10H16ClNO2. The highest BCUT2D eigenvalue weighted by Gasteiger charge is 2.06. The number of nitrogens with two attached hydrogens (primary N) is 1. The lowest BCUT2D eigenvalue weighted by molar-refractivity contribution is 0.264. The van der Waals surface area contributed by atoms with Crippen molar-refractivity contribution in [3.8, 4) is 5.75 Å². The van der Waals surface area contributed by atoms with Crippen molar-refractivity contribution >= 4 is 12.4 Å². The smallest absolute Gasteiger partial charge is 0.119 e. The Bertz CT molecular complexity index is 291. The Labute approximate surface area is 90.0 Å². The summed E-state index contributed by atoms with van der Waals surface area (Å²) >= 11 is 0. The van der Waals surface area contributed by atoms with Gasteiger partial charge in [0, 0.05) is 6.04 Å². The first kappa shape index (κ1) is 13.2. The summed E-state index contributed by atoms with van der Waals surface area (Å²) in [6.45, 7) is 1.85. The van der Waals surface area contributed by atoms with Crippen LogP contribution in [0.4, 0.5) is 0 Å². The number of hydrogen-bond acceptors (Lipinski definition) is 3. The van der Waals surface area contributed by atoms with Gasteiger partial charge in [-0.15, -0.1) is 12.4 Å². The van der Waals surface area contributed by atoms with E-state index in [9.17, 15) is 5.11 Å². The number of phenolic OH excluding ortho intramolecular Hbond substituents is 1. The van der Waals surface area contributed by atoms with Gasteiger partial charge < -0.3 is 15.9 Å². The van der Waals surface area contributed by atoms with Crippen molar-refractivity contribution < 1.29 is 10.2 Å². The van der Waals surface area contributed by atoms with Gasteiger partial charge in [0.15, 0.2) is 0 Å². The molecule has 0 aliphatic rings. The van der Waals surface area contributed by atoms with Crippen LogP contribution in [-0.2, 0) is 6.42 Å². The van der Waals surface area contributed by atoms with Gasteiger partial charge in [0.1, 0.15) is 5.75 Å². The van der Waals surface area contributed by atoms with Gasteiger partial charge >= 0.3 is 0 Å². The van der Waals surface area contributed by atoms with E-state index >= 15 is 0 Å². The first-order valence-corrected chi connectivity index (χ1v) is 4.28. The fourth-order valence-corrected chi connectivity index (χ4v) is 1.19. The van der Waals surface area contributed by atoms with Gasteiger partial charge in [0.05, 0.1) is 6.61 Å². The number of benzene rings is 1. The lowest BCUT2D eigenvalue weighted by Gasteiger charge is -2.09. The van der Waals surface area contributed by atoms with Crippen LogP contribution in [0.15, 0.2) is 18.2 Å². The van der Waals surface area contributed by atoms with Crippen molar-refractivity contribution in [2.24, 2.45) is 5.73 Å². The minimum atomic E-state index is -0.298. The quantitative estimate of drug-likeness (QED) is 0.707. The average Bonchev–Trinajstić information content (AvgIpc) is 2.09. The maximum Gasteiger partial charge on any atom is 0.119 e. The van der Waals surface area contributed by atoms with E-state index in [2.05, 4.69) is 0 Å². The molecule has 0 aromatic heterocycles. The zero-order chi connectivity index (χ0) is 9.84. The molecule has 1 aromatic rings. The number of halogens is 1. The lowest BCUT2D eigenvalue weighted by atomic mass is 10.0. The molecule has 0 spiro atoms. The maximum absolute atomic E-state index is 9.50. The van der Waals surface area contributed by atoms with E-state index in [1.807, 2.05) is 19.1 Å². The fraction of sp³-hybridized carbons (Fsp3) is 0.400. The molecule has 1 aromatic carbocycles. The normalized spacial score (nSPS) is 11.9. The Morgan fingerprint density at radius 2 is 2.07 bits per heavy atom. The van der Waals surface area contributed by atoms with Crippen LogP contribution >= 0.6 is 12.4 Å². The number of rotatable bonds is 3. The molecule has 1 atom stereocenters. The first-order chi connectivity index (χ1) is 6.13. The molecule has 0 aliphatic heterocycles. The Morgan fingerprint density at radius 1 is 1.43 bits per heavy atom. The minimum absolute atomic E-state index is 0. The Kier molecular flexibility index (Phi) is 5.53. The second kappa shape index (κ2) is 5.86. The van der Waals surface area contributed by atoms with Crippen LogP contribution in [0.3, 0.4) is 0 Å². The van der Waals surface area contributed by atoms with E-state index in [4.69, 9.17) is 10.8 Å². The summed E-state index contributed by atoms with van der Waals surface area (Å²) in [4.78, 5) is 0. The highest BCUT2D eigenvalue weighted by Crippen LogP contribution is 2.19. The summed E-state index contributed by atoms with van der Waals surface area (Å²) in [6.07, 6.45) is 0.503. The van der Waals surface area contributed by atoms with Crippen molar-refractivity contribution in [3.63, 3.8) is 0 Å². The summed E-state index contributed by atoms with van der Waals surface area (Å²) in [6, 6.07) is 5.15. The summed E-state index contributed by atoms with van der Waals surface area (Å²) < 4.78 is 0. The molecule has 0 fully saturated rings. The van der Waals surface area contributed by atoms with E-state index in [1.165, 1.54) is 0 Å². The fourth-order valence-electron chi connectivity index (χ4n) is 1.19. The lowest BCUT2D eigenvalue weighted by Crippen LogP contribution is -2.26. The first-order valence-electron chi connectivity index (χ1n) is 4.28. The molecule has 0 amide bonds. The van der Waals surface area contributed by atoms with Crippen molar-refractivity contribution in [2.75, 3.05) is 6.61 Å². The maximum atomic E-state index is 9.50. The molecule has 1 unspecified atom stereocenters. The van der Waals surface area contributed by atoms with Gasteiger partial charge in [-0.25, -0.2) is 0 Å². The van der Waals surface area contributed by atoms with Crippen molar-refractivity contribution in [1.29, 1.82) is 0 Å². The zero-order valence-electron chi connectivity index (χ0n) is 8.10. The monoisotopic (exact) mass is 217 g/mol. The molecule has 3 nitrogen and oxygen atoms in total. The Balaban J connectivity index is 0.00000169. The van der Waals surface area contributed by atoms with E-state index in [-0.39, 0.29) is 30.8 Å². The summed E-state index contributed by atoms with van der Waals surface area (Å²) in [7, 11) is 0. The van der Waals surface area contributed by atoms with Crippen LogP contribution in [0.25, 0.3) is 0 Å². The molecule has 0 saturated heterocycles. The Hall–Kier alpha value is -0.770. The molecule has 4 N–H and O–H groups in total. The van der Waals surface area contributed by atoms with E-state index in [0.29, 0.717) is 6.42 Å². The third kappa shape index (κ3) is 3.54. The summed E-state index contributed by atoms with van der Waals surface area (Å²) in [5.74, 6) is 0.254. The van der Waals surface area contributed by atoms with E-state index in [0.717, 1.165) is 11.1 Å². The van der Waals surface area contributed by atoms with Crippen molar-refractivity contribution in [1.82, 2.24) is 0 Å². The molecule has 0 aliphatic carbocycles. The number of aliphatic hydroxyl groups is 1. The highest BCUT2D eigenvalue weighted by atomic mass is 35.5. The van der Waals surface area contributed by atoms with Crippen LogP contribution in [0.5, 0.6) is 5.75 Å². The second-order valence-corrected chi connectivity index (χ2v) is 3.28. The molecule has 4 heteroatoms. The predicted molar refractivity (Wildman–Crippen MR) is 58.9 cm³/mol. The van der Waals surface area contributed by atoms with Gasteiger partial charge in [0.25, 0.3) is 0 Å². The molecule has 0 bridgehead atoms. The zero-order valence-corrected chi connectivity index (χ0v) is 8.92. The topological polar surface area (TPSA) is 66.5 Å². The van der Waals surface area contributed by atoms with Gasteiger partial charge in [0.2, 0.25) is 0 Å². The minimum Gasteiger partial charge on any atom is -0.508 e. The number of aromatic hydroxyl groups is 1. The number of aryl methyl sites for hydroxylation is 1. The van der Waals surface area contributed by atoms with Crippen molar-refractivity contribution in [3.05, 3.63) is 29.3 Å².